The first-order valence-corrected chi connectivity index (χ1v) is 17.1. The molecule has 0 saturated carbocycles. The summed E-state index contributed by atoms with van der Waals surface area (Å²) in [7, 11) is 0. The Labute approximate surface area is 281 Å². The molecule has 0 amide bonds. The maximum Gasteiger partial charge on any atom is 0.138 e. The minimum atomic E-state index is 0.913. The first-order valence-electron chi connectivity index (χ1n) is 16.3. The van der Waals surface area contributed by atoms with E-state index in [0.717, 1.165) is 27.8 Å². The van der Waals surface area contributed by atoms with E-state index in [2.05, 4.69) is 174 Å². The van der Waals surface area contributed by atoms with E-state index in [1.165, 1.54) is 64.3 Å². The summed E-state index contributed by atoms with van der Waals surface area (Å²) in [6.07, 6.45) is 0. The monoisotopic (exact) mass is 628 g/mol. The van der Waals surface area contributed by atoms with Gasteiger partial charge in [-0.2, -0.15) is 0 Å². The molecule has 0 atom stereocenters. The molecule has 7 aromatic carbocycles. The molecule has 0 spiro atoms. The molecule has 0 aliphatic rings. The van der Waals surface area contributed by atoms with Gasteiger partial charge in [-0.25, -0.2) is 4.98 Å². The van der Waals surface area contributed by atoms with Crippen molar-refractivity contribution in [2.45, 2.75) is 0 Å². The van der Waals surface area contributed by atoms with Gasteiger partial charge in [-0.05, 0) is 81.9 Å². The second-order valence-corrected chi connectivity index (χ2v) is 13.5. The number of pyridine rings is 1. The van der Waals surface area contributed by atoms with Crippen LogP contribution in [0.2, 0.25) is 0 Å². The van der Waals surface area contributed by atoms with Crippen molar-refractivity contribution in [2.24, 2.45) is 0 Å². The molecule has 0 bridgehead atoms. The van der Waals surface area contributed by atoms with Crippen molar-refractivity contribution >= 4 is 64.2 Å². The number of rotatable bonds is 4. The highest BCUT2D eigenvalue weighted by atomic mass is 32.1. The van der Waals surface area contributed by atoms with Crippen LogP contribution in [0.4, 0.5) is 0 Å². The predicted octanol–water partition coefficient (Wildman–Crippen LogP) is 12.7. The number of benzene rings is 7. The smallest absolute Gasteiger partial charge is 0.138 e. The number of aromatic nitrogens is 2. The first-order chi connectivity index (χ1) is 23.8. The molecule has 0 fully saturated rings. The molecular formula is C45H28N2S. The van der Waals surface area contributed by atoms with E-state index in [0.29, 0.717) is 0 Å². The van der Waals surface area contributed by atoms with Gasteiger partial charge in [0.05, 0.1) is 16.6 Å². The Hall–Kier alpha value is -6.03. The van der Waals surface area contributed by atoms with Crippen LogP contribution in [0.1, 0.15) is 0 Å². The third-order valence-corrected chi connectivity index (χ3v) is 10.7. The maximum absolute atomic E-state index is 5.32. The summed E-state index contributed by atoms with van der Waals surface area (Å²) in [5.74, 6) is 0.913. The lowest BCUT2D eigenvalue weighted by Crippen LogP contribution is -1.99. The molecule has 3 heteroatoms. The van der Waals surface area contributed by atoms with Crippen LogP contribution in [-0.4, -0.2) is 9.55 Å². The summed E-state index contributed by atoms with van der Waals surface area (Å²) in [5.41, 5.74) is 10.4. The zero-order valence-electron chi connectivity index (χ0n) is 26.0. The second kappa shape index (κ2) is 10.8. The molecular weight excluding hydrogens is 601 g/mol. The standard InChI is InChI=1S/C45H28N2S/c1-2-11-29(12-3-1)30-13-10-14-33(25-30)38-28-45(46-40-18-7-4-15-34(38)40)47-41-19-8-5-16-35(41)36-23-21-32(27-42(36)47)31-22-24-44-39(26-31)37-17-6-9-20-43(37)48-44/h1-28H. The normalized spacial score (nSPS) is 11.8. The summed E-state index contributed by atoms with van der Waals surface area (Å²) in [6.45, 7) is 0. The van der Waals surface area contributed by atoms with Crippen LogP contribution < -0.4 is 0 Å². The summed E-state index contributed by atoms with van der Waals surface area (Å²) < 4.78 is 5.00. The van der Waals surface area contributed by atoms with E-state index < -0.39 is 0 Å². The minimum Gasteiger partial charge on any atom is -0.294 e. The highest BCUT2D eigenvalue weighted by molar-refractivity contribution is 7.25. The zero-order valence-corrected chi connectivity index (χ0v) is 26.8. The average molecular weight is 629 g/mol. The summed E-state index contributed by atoms with van der Waals surface area (Å²) >= 11 is 1.86. The molecule has 0 aliphatic heterocycles. The molecule has 0 aliphatic carbocycles. The van der Waals surface area contributed by atoms with Crippen molar-refractivity contribution in [3.05, 3.63) is 170 Å². The van der Waals surface area contributed by atoms with Crippen LogP contribution in [0.3, 0.4) is 0 Å². The third-order valence-electron chi connectivity index (χ3n) is 9.60. The number of nitrogens with zero attached hydrogens (tertiary/aromatic N) is 2. The van der Waals surface area contributed by atoms with Crippen LogP contribution >= 0.6 is 11.3 Å². The van der Waals surface area contributed by atoms with E-state index in [1.807, 2.05) is 11.3 Å². The lowest BCUT2D eigenvalue weighted by Gasteiger charge is -2.14. The number of fused-ring (bicyclic) bond motifs is 7. The minimum absolute atomic E-state index is 0.913. The van der Waals surface area contributed by atoms with E-state index >= 15 is 0 Å². The summed E-state index contributed by atoms with van der Waals surface area (Å²) in [6, 6.07) is 61.4. The molecule has 3 heterocycles. The van der Waals surface area contributed by atoms with Gasteiger partial charge in [-0.15, -0.1) is 11.3 Å². The van der Waals surface area contributed by atoms with Gasteiger partial charge in [0.15, 0.2) is 0 Å². The van der Waals surface area contributed by atoms with Gasteiger partial charge in [0.1, 0.15) is 5.82 Å². The molecule has 10 aromatic rings. The average Bonchev–Trinajstić information content (AvgIpc) is 3.70. The summed E-state index contributed by atoms with van der Waals surface area (Å²) in [5, 5.41) is 6.22. The van der Waals surface area contributed by atoms with Gasteiger partial charge in [0, 0.05) is 36.3 Å². The molecule has 224 valence electrons. The van der Waals surface area contributed by atoms with Crippen molar-refractivity contribution < 1.29 is 0 Å². The summed E-state index contributed by atoms with van der Waals surface area (Å²) in [4.78, 5) is 5.32. The van der Waals surface area contributed by atoms with E-state index in [-0.39, 0.29) is 0 Å². The topological polar surface area (TPSA) is 17.8 Å². The Balaban J connectivity index is 1.21. The number of hydrogen-bond donors (Lipinski definition) is 0. The lowest BCUT2D eigenvalue weighted by atomic mass is 9.96. The maximum atomic E-state index is 5.32. The van der Waals surface area contributed by atoms with Crippen molar-refractivity contribution in [3.63, 3.8) is 0 Å². The van der Waals surface area contributed by atoms with Gasteiger partial charge in [-0.1, -0.05) is 121 Å². The van der Waals surface area contributed by atoms with Crippen LogP contribution in [0.15, 0.2) is 170 Å². The van der Waals surface area contributed by atoms with Crippen molar-refractivity contribution in [3.8, 4) is 39.2 Å². The molecule has 0 N–H and O–H groups in total. The second-order valence-electron chi connectivity index (χ2n) is 12.4. The van der Waals surface area contributed by atoms with Crippen LogP contribution in [-0.2, 0) is 0 Å². The first kappa shape index (κ1) is 27.1. The van der Waals surface area contributed by atoms with Crippen LogP contribution in [0, 0.1) is 0 Å². The van der Waals surface area contributed by atoms with Crippen molar-refractivity contribution in [1.29, 1.82) is 0 Å². The predicted molar refractivity (Wildman–Crippen MR) is 205 cm³/mol. The highest BCUT2D eigenvalue weighted by Gasteiger charge is 2.17. The molecule has 48 heavy (non-hydrogen) atoms. The van der Waals surface area contributed by atoms with Gasteiger partial charge in [-0.3, -0.25) is 4.57 Å². The van der Waals surface area contributed by atoms with Gasteiger partial charge in [0.25, 0.3) is 0 Å². The van der Waals surface area contributed by atoms with E-state index in [1.54, 1.807) is 0 Å². The van der Waals surface area contributed by atoms with E-state index in [9.17, 15) is 0 Å². The number of thiophene rings is 1. The largest absolute Gasteiger partial charge is 0.294 e. The Morgan fingerprint density at radius 3 is 1.94 bits per heavy atom. The van der Waals surface area contributed by atoms with Crippen molar-refractivity contribution in [2.75, 3.05) is 0 Å². The van der Waals surface area contributed by atoms with Gasteiger partial charge in [0.2, 0.25) is 0 Å². The van der Waals surface area contributed by atoms with Gasteiger partial charge >= 0.3 is 0 Å². The SMILES string of the molecule is c1ccc(-c2cccc(-c3cc(-n4c5ccccc5c5ccc(-c6ccc7sc8ccccc8c7c6)cc54)nc4ccccc34)c2)cc1. The lowest BCUT2D eigenvalue weighted by molar-refractivity contribution is 1.10. The van der Waals surface area contributed by atoms with Gasteiger partial charge < -0.3 is 0 Å². The molecule has 0 radical (unpaired) electrons. The Morgan fingerprint density at radius 1 is 0.375 bits per heavy atom. The Kier molecular flexibility index (Phi) is 6.08. The molecule has 3 aromatic heterocycles. The van der Waals surface area contributed by atoms with Crippen LogP contribution in [0.5, 0.6) is 0 Å². The van der Waals surface area contributed by atoms with E-state index in [4.69, 9.17) is 4.98 Å². The zero-order chi connectivity index (χ0) is 31.6. The highest BCUT2D eigenvalue weighted by Crippen LogP contribution is 2.40. The Morgan fingerprint density at radius 2 is 1.02 bits per heavy atom. The quantitative estimate of drug-likeness (QED) is 0.190. The van der Waals surface area contributed by atoms with Crippen molar-refractivity contribution in [1.82, 2.24) is 9.55 Å². The number of para-hydroxylation sites is 2. The number of hydrogen-bond acceptors (Lipinski definition) is 2. The third kappa shape index (κ3) is 4.29. The fourth-order valence-electron chi connectivity index (χ4n) is 7.31. The fourth-order valence-corrected chi connectivity index (χ4v) is 8.40. The molecule has 2 nitrogen and oxygen atoms in total. The molecule has 0 unspecified atom stereocenters. The molecule has 10 rings (SSSR count). The Bertz CT molecular complexity index is 2840. The van der Waals surface area contributed by atoms with Crippen LogP contribution in [0.25, 0.3) is 92.1 Å². The molecule has 0 saturated heterocycles. The fraction of sp³-hybridized carbons (Fsp3) is 0.